The molecule has 0 unspecified atom stereocenters. The molecular weight excluding hydrogens is 261 g/mol. The van der Waals surface area contributed by atoms with E-state index in [-0.39, 0.29) is 17.1 Å². The minimum Gasteiger partial charge on any atom is -0.398 e. The highest BCUT2D eigenvalue weighted by Gasteiger charge is 2.40. The molecule has 20 heavy (non-hydrogen) atoms. The molecule has 0 radical (unpaired) electrons. The molecule has 0 atom stereocenters. The van der Waals surface area contributed by atoms with E-state index in [0.29, 0.717) is 5.82 Å². The van der Waals surface area contributed by atoms with Crippen LogP contribution < -0.4 is 5.73 Å². The number of hydrogen-bond donors (Lipinski definition) is 1. The van der Waals surface area contributed by atoms with Crippen molar-refractivity contribution in [3.05, 3.63) is 29.8 Å². The van der Waals surface area contributed by atoms with Gasteiger partial charge in [-0.3, -0.25) is 0 Å². The monoisotopic (exact) mass is 277 g/mol. The van der Waals surface area contributed by atoms with Gasteiger partial charge in [0.1, 0.15) is 11.4 Å². The maximum atomic E-state index is 13.9. The van der Waals surface area contributed by atoms with Crippen LogP contribution in [0.25, 0.3) is 11.5 Å². The summed E-state index contributed by atoms with van der Waals surface area (Å²) >= 11 is 0. The third kappa shape index (κ3) is 1.96. The smallest absolute Gasteiger partial charge is 0.263 e. The Balaban J connectivity index is 2.02. The molecule has 2 N–H and O–H groups in total. The predicted octanol–water partition coefficient (Wildman–Crippen LogP) is 2.87. The SMILES string of the molecule is COC1(c2noc(-c3c(N)cccc3F)n2)CCCC1. The number of halogens is 1. The van der Waals surface area contributed by atoms with Crippen molar-refractivity contribution in [1.82, 2.24) is 10.1 Å². The molecule has 0 amide bonds. The molecule has 2 aromatic rings. The Kier molecular flexibility index (Phi) is 3.17. The molecular formula is C14H16FN3O2. The first-order valence-electron chi connectivity index (χ1n) is 6.60. The number of nitrogens with two attached hydrogens (primary N) is 1. The number of rotatable bonds is 3. The highest BCUT2D eigenvalue weighted by atomic mass is 19.1. The van der Waals surface area contributed by atoms with Crippen molar-refractivity contribution in [3.8, 4) is 11.5 Å². The number of aromatic nitrogens is 2. The first-order valence-corrected chi connectivity index (χ1v) is 6.60. The zero-order chi connectivity index (χ0) is 14.2. The van der Waals surface area contributed by atoms with E-state index in [0.717, 1.165) is 25.7 Å². The van der Waals surface area contributed by atoms with Crippen LogP contribution in [0.15, 0.2) is 22.7 Å². The van der Waals surface area contributed by atoms with E-state index in [4.69, 9.17) is 15.0 Å². The van der Waals surface area contributed by atoms with Gasteiger partial charge in [-0.1, -0.05) is 11.2 Å². The summed E-state index contributed by atoms with van der Waals surface area (Å²) in [4.78, 5) is 4.30. The van der Waals surface area contributed by atoms with Crippen molar-refractivity contribution in [2.45, 2.75) is 31.3 Å². The summed E-state index contributed by atoms with van der Waals surface area (Å²) in [5.74, 6) is 0.0900. The Morgan fingerprint density at radius 1 is 1.35 bits per heavy atom. The maximum absolute atomic E-state index is 13.9. The van der Waals surface area contributed by atoms with Gasteiger partial charge >= 0.3 is 0 Å². The van der Waals surface area contributed by atoms with Crippen molar-refractivity contribution in [1.29, 1.82) is 0 Å². The van der Waals surface area contributed by atoms with Gasteiger partial charge in [-0.15, -0.1) is 0 Å². The second kappa shape index (κ2) is 4.86. The number of nitrogens with zero attached hydrogens (tertiary/aromatic N) is 2. The Labute approximate surface area is 115 Å². The topological polar surface area (TPSA) is 74.2 Å². The summed E-state index contributed by atoms with van der Waals surface area (Å²) in [6.07, 6.45) is 3.80. The molecule has 106 valence electrons. The Morgan fingerprint density at radius 2 is 2.10 bits per heavy atom. The second-order valence-electron chi connectivity index (χ2n) is 5.03. The van der Waals surface area contributed by atoms with Crippen molar-refractivity contribution < 1.29 is 13.7 Å². The van der Waals surface area contributed by atoms with E-state index in [9.17, 15) is 4.39 Å². The Hall–Kier alpha value is -1.95. The summed E-state index contributed by atoms with van der Waals surface area (Å²) in [6.45, 7) is 0. The lowest BCUT2D eigenvalue weighted by Crippen LogP contribution is -2.25. The quantitative estimate of drug-likeness (QED) is 0.873. The van der Waals surface area contributed by atoms with Gasteiger partial charge in [0.2, 0.25) is 5.82 Å². The third-order valence-corrected chi connectivity index (χ3v) is 3.90. The van der Waals surface area contributed by atoms with Gasteiger partial charge in [-0.05, 0) is 37.8 Å². The molecule has 1 aromatic carbocycles. The number of ether oxygens (including phenoxy) is 1. The number of anilines is 1. The first kappa shape index (κ1) is 13.1. The van der Waals surface area contributed by atoms with Gasteiger partial charge in [0.15, 0.2) is 0 Å². The van der Waals surface area contributed by atoms with E-state index in [1.54, 1.807) is 19.2 Å². The van der Waals surface area contributed by atoms with Crippen LogP contribution in [0.1, 0.15) is 31.5 Å². The predicted molar refractivity (Wildman–Crippen MR) is 71.3 cm³/mol. The molecule has 6 heteroatoms. The fourth-order valence-electron chi connectivity index (χ4n) is 2.74. The lowest BCUT2D eigenvalue weighted by molar-refractivity contribution is -0.0178. The third-order valence-electron chi connectivity index (χ3n) is 3.90. The number of benzene rings is 1. The van der Waals surface area contributed by atoms with Crippen LogP contribution >= 0.6 is 0 Å². The van der Waals surface area contributed by atoms with E-state index >= 15 is 0 Å². The van der Waals surface area contributed by atoms with Gasteiger partial charge < -0.3 is 15.0 Å². The van der Waals surface area contributed by atoms with Gasteiger partial charge in [-0.25, -0.2) is 4.39 Å². The molecule has 1 aliphatic carbocycles. The van der Waals surface area contributed by atoms with Crippen molar-refractivity contribution in [2.24, 2.45) is 0 Å². The summed E-state index contributed by atoms with van der Waals surface area (Å²) in [5.41, 5.74) is 5.70. The fourth-order valence-corrected chi connectivity index (χ4v) is 2.74. The molecule has 1 aromatic heterocycles. The zero-order valence-electron chi connectivity index (χ0n) is 11.2. The van der Waals surface area contributed by atoms with Crippen LogP contribution in [-0.4, -0.2) is 17.3 Å². The maximum Gasteiger partial charge on any atom is 0.263 e. The molecule has 1 saturated carbocycles. The minimum atomic E-state index is -0.512. The van der Waals surface area contributed by atoms with E-state index in [1.807, 2.05) is 0 Å². The number of hydrogen-bond acceptors (Lipinski definition) is 5. The molecule has 5 nitrogen and oxygen atoms in total. The fraction of sp³-hybridized carbons (Fsp3) is 0.429. The van der Waals surface area contributed by atoms with Gasteiger partial charge in [0, 0.05) is 12.8 Å². The molecule has 3 rings (SSSR count). The van der Waals surface area contributed by atoms with Gasteiger partial charge in [0.05, 0.1) is 5.56 Å². The second-order valence-corrected chi connectivity index (χ2v) is 5.03. The minimum absolute atomic E-state index is 0.0962. The molecule has 1 aliphatic rings. The number of methoxy groups -OCH3 is 1. The summed E-state index contributed by atoms with van der Waals surface area (Å²) in [6, 6.07) is 4.46. The highest BCUT2D eigenvalue weighted by molar-refractivity contribution is 5.70. The molecule has 1 heterocycles. The Bertz CT molecular complexity index is 600. The largest absolute Gasteiger partial charge is 0.398 e. The summed E-state index contributed by atoms with van der Waals surface area (Å²) < 4.78 is 24.6. The van der Waals surface area contributed by atoms with Gasteiger partial charge in [-0.2, -0.15) is 4.98 Å². The average molecular weight is 277 g/mol. The number of nitrogen functional groups attached to an aromatic ring is 1. The molecule has 0 bridgehead atoms. The molecule has 0 aliphatic heterocycles. The van der Waals surface area contributed by atoms with Crippen molar-refractivity contribution >= 4 is 5.69 Å². The van der Waals surface area contributed by atoms with Crippen LogP contribution in [0.5, 0.6) is 0 Å². The lowest BCUT2D eigenvalue weighted by atomic mass is 10.0. The van der Waals surface area contributed by atoms with Gasteiger partial charge in [0.25, 0.3) is 5.89 Å². The van der Waals surface area contributed by atoms with Crippen molar-refractivity contribution in [3.63, 3.8) is 0 Å². The molecule has 0 spiro atoms. The summed E-state index contributed by atoms with van der Waals surface area (Å²) in [5, 5.41) is 3.97. The van der Waals surface area contributed by atoms with Crippen LogP contribution in [0.4, 0.5) is 10.1 Å². The van der Waals surface area contributed by atoms with Crippen LogP contribution in [0.2, 0.25) is 0 Å². The van der Waals surface area contributed by atoms with Crippen LogP contribution in [0.3, 0.4) is 0 Å². The molecule has 0 saturated heterocycles. The lowest BCUT2D eigenvalue weighted by Gasteiger charge is -2.22. The Morgan fingerprint density at radius 3 is 2.75 bits per heavy atom. The van der Waals surface area contributed by atoms with E-state index < -0.39 is 11.4 Å². The highest BCUT2D eigenvalue weighted by Crippen LogP contribution is 2.41. The first-order chi connectivity index (χ1) is 9.66. The summed E-state index contributed by atoms with van der Waals surface area (Å²) in [7, 11) is 1.64. The van der Waals surface area contributed by atoms with E-state index in [2.05, 4.69) is 10.1 Å². The standard InChI is InChI=1S/C14H16FN3O2/c1-19-14(7-2-3-8-14)13-17-12(20-18-13)11-9(15)5-4-6-10(11)16/h4-6H,2-3,7-8,16H2,1H3. The van der Waals surface area contributed by atoms with Crippen LogP contribution in [0, 0.1) is 5.82 Å². The van der Waals surface area contributed by atoms with Crippen LogP contribution in [-0.2, 0) is 10.3 Å². The average Bonchev–Trinajstić information content (AvgIpc) is 3.08. The van der Waals surface area contributed by atoms with Crippen molar-refractivity contribution in [2.75, 3.05) is 12.8 Å². The van der Waals surface area contributed by atoms with E-state index in [1.165, 1.54) is 6.07 Å². The normalized spacial score (nSPS) is 17.5. The molecule has 1 fully saturated rings. The zero-order valence-corrected chi connectivity index (χ0v) is 11.2.